The number of hydrogen-bond donors (Lipinski definition) is 4. The minimum absolute atomic E-state index is 0.108. The van der Waals surface area contributed by atoms with Gasteiger partial charge in [-0.25, -0.2) is 15.0 Å². The molecule has 4 N–H and O–H groups in total. The van der Waals surface area contributed by atoms with Gasteiger partial charge < -0.3 is 25.6 Å². The highest BCUT2D eigenvalue weighted by atomic mass is 16.6. The Bertz CT molecular complexity index is 1460. The third kappa shape index (κ3) is 4.55. The van der Waals surface area contributed by atoms with Gasteiger partial charge in [-0.2, -0.15) is 0 Å². The monoisotopic (exact) mass is 506 g/mol. The van der Waals surface area contributed by atoms with Gasteiger partial charge in [-0.3, -0.25) is 24.5 Å². The Kier molecular flexibility index (Phi) is 6.43. The molecule has 4 aromatic rings. The largest absolute Gasteiger partial charge is 0.387 e. The highest BCUT2D eigenvalue weighted by Gasteiger charge is 2.47. The SMILES string of the molecule is CNC(=O)[C@H]1O[C@@H](n2cnc3c(NCc4ccccc4)nc(-c4cncc([N+](=O)[O-])c4)nc32)[C@H](O)[C@@H]1O. The minimum Gasteiger partial charge on any atom is -0.387 e. The predicted octanol–water partition coefficient (Wildman–Crippen LogP) is 0.774. The summed E-state index contributed by atoms with van der Waals surface area (Å²) in [6.45, 7) is 0.395. The molecule has 0 bridgehead atoms. The molecule has 1 amide bonds. The van der Waals surface area contributed by atoms with E-state index in [0.29, 0.717) is 17.9 Å². The Morgan fingerprint density at radius 2 is 1.97 bits per heavy atom. The number of nitrogens with zero attached hydrogens (tertiary/aromatic N) is 6. The number of carbonyl (C=O) groups excluding carboxylic acids is 1. The van der Waals surface area contributed by atoms with Crippen LogP contribution in [0.25, 0.3) is 22.6 Å². The lowest BCUT2D eigenvalue weighted by atomic mass is 10.1. The molecule has 1 saturated heterocycles. The number of pyridine rings is 1. The van der Waals surface area contributed by atoms with Gasteiger partial charge in [-0.15, -0.1) is 0 Å². The van der Waals surface area contributed by atoms with Gasteiger partial charge in [0, 0.05) is 31.4 Å². The summed E-state index contributed by atoms with van der Waals surface area (Å²) in [5, 5.41) is 37.9. The van der Waals surface area contributed by atoms with Crippen molar-refractivity contribution >= 4 is 28.6 Å². The molecule has 14 nitrogen and oxygen atoms in total. The van der Waals surface area contributed by atoms with E-state index in [0.717, 1.165) is 11.8 Å². The molecule has 0 aliphatic carbocycles. The van der Waals surface area contributed by atoms with Crippen LogP contribution in [0.1, 0.15) is 11.8 Å². The zero-order valence-corrected chi connectivity index (χ0v) is 19.4. The van der Waals surface area contributed by atoms with E-state index in [9.17, 15) is 25.1 Å². The van der Waals surface area contributed by atoms with Crippen molar-refractivity contribution in [3.8, 4) is 11.4 Å². The Hall–Kier alpha value is -4.53. The standard InChI is InChI=1S/C23H22N8O6/c1-24-22(34)18-16(32)17(33)23(37-18)30-11-27-15-20(26-8-12-5-3-2-4-6-12)28-19(29-21(15)30)13-7-14(31(35)36)10-25-9-13/h2-7,9-11,16-18,23,32-33H,8H2,1H3,(H,24,34)(H,26,28,29)/t16-,17+,18-,23+/m0/s1. The summed E-state index contributed by atoms with van der Waals surface area (Å²) in [6.07, 6.45) is -1.57. The number of rotatable bonds is 7. The smallest absolute Gasteiger partial charge is 0.288 e. The maximum Gasteiger partial charge on any atom is 0.288 e. The third-order valence-corrected chi connectivity index (χ3v) is 5.93. The van der Waals surface area contributed by atoms with Crippen LogP contribution in [0.5, 0.6) is 0 Å². The van der Waals surface area contributed by atoms with Gasteiger partial charge in [0.15, 0.2) is 35.1 Å². The number of ether oxygens (including phenoxy) is 1. The van der Waals surface area contributed by atoms with E-state index < -0.39 is 35.4 Å². The van der Waals surface area contributed by atoms with Crippen LogP contribution in [0.4, 0.5) is 11.5 Å². The van der Waals surface area contributed by atoms with Gasteiger partial charge in [0.25, 0.3) is 11.6 Å². The highest BCUT2D eigenvalue weighted by Crippen LogP contribution is 2.34. The number of hydrogen-bond acceptors (Lipinski definition) is 11. The number of aliphatic hydroxyl groups is 2. The topological polar surface area (TPSA) is 190 Å². The Morgan fingerprint density at radius 1 is 1.19 bits per heavy atom. The number of nitro groups is 1. The number of imidazole rings is 1. The first-order chi connectivity index (χ1) is 17.9. The summed E-state index contributed by atoms with van der Waals surface area (Å²) in [7, 11) is 1.39. The van der Waals surface area contributed by atoms with Gasteiger partial charge >= 0.3 is 0 Å². The Balaban J connectivity index is 1.60. The zero-order chi connectivity index (χ0) is 26.1. The summed E-state index contributed by atoms with van der Waals surface area (Å²) in [6, 6.07) is 10.8. The second kappa shape index (κ2) is 9.85. The molecule has 1 aromatic carbocycles. The van der Waals surface area contributed by atoms with Gasteiger partial charge in [0.1, 0.15) is 18.4 Å². The third-order valence-electron chi connectivity index (χ3n) is 5.93. The first kappa shape index (κ1) is 24.2. The molecule has 37 heavy (non-hydrogen) atoms. The quantitative estimate of drug-likeness (QED) is 0.204. The molecule has 0 unspecified atom stereocenters. The first-order valence-corrected chi connectivity index (χ1v) is 11.2. The number of likely N-dealkylation sites (N-methyl/N-ethyl adjacent to an activating group) is 1. The molecular weight excluding hydrogens is 484 g/mol. The maximum absolute atomic E-state index is 12.1. The molecule has 190 valence electrons. The number of aliphatic hydroxyl groups excluding tert-OH is 2. The zero-order valence-electron chi connectivity index (χ0n) is 19.4. The second-order valence-electron chi connectivity index (χ2n) is 8.29. The average Bonchev–Trinajstić information content (AvgIpc) is 3.48. The molecule has 3 aromatic heterocycles. The van der Waals surface area contributed by atoms with Crippen molar-refractivity contribution in [3.05, 3.63) is 70.8 Å². The lowest BCUT2D eigenvalue weighted by Crippen LogP contribution is -2.41. The molecule has 1 aliphatic heterocycles. The van der Waals surface area contributed by atoms with Crippen LogP contribution in [-0.4, -0.2) is 70.9 Å². The normalized spacial score (nSPS) is 21.2. The van der Waals surface area contributed by atoms with Crippen molar-refractivity contribution in [2.45, 2.75) is 31.1 Å². The highest BCUT2D eigenvalue weighted by molar-refractivity contribution is 5.85. The molecule has 0 radical (unpaired) electrons. The van der Waals surface area contributed by atoms with Gasteiger partial charge in [0.05, 0.1) is 11.3 Å². The van der Waals surface area contributed by atoms with Crippen molar-refractivity contribution in [1.82, 2.24) is 29.8 Å². The molecule has 1 aliphatic rings. The fraction of sp³-hybridized carbons (Fsp3) is 0.261. The van der Waals surface area contributed by atoms with Crippen molar-refractivity contribution < 1.29 is 24.7 Å². The van der Waals surface area contributed by atoms with E-state index in [1.807, 2.05) is 30.3 Å². The van der Waals surface area contributed by atoms with Gasteiger partial charge in [-0.05, 0) is 5.56 Å². The van der Waals surface area contributed by atoms with E-state index in [1.54, 1.807) is 0 Å². The summed E-state index contributed by atoms with van der Waals surface area (Å²) >= 11 is 0. The summed E-state index contributed by atoms with van der Waals surface area (Å²) in [5.74, 6) is -0.163. The number of anilines is 1. The van der Waals surface area contributed by atoms with E-state index in [1.165, 1.54) is 30.2 Å². The number of benzene rings is 1. The van der Waals surface area contributed by atoms with Crippen LogP contribution in [0.2, 0.25) is 0 Å². The fourth-order valence-corrected chi connectivity index (χ4v) is 4.03. The molecule has 4 heterocycles. The predicted molar refractivity (Wildman–Crippen MR) is 129 cm³/mol. The number of nitrogens with one attached hydrogen (secondary N) is 2. The van der Waals surface area contributed by atoms with E-state index in [2.05, 4.69) is 30.6 Å². The molecular formula is C23H22N8O6. The fourth-order valence-electron chi connectivity index (χ4n) is 4.03. The molecule has 14 heteroatoms. The molecule has 0 saturated carbocycles. The number of amides is 1. The Labute approximate surface area is 209 Å². The minimum atomic E-state index is -1.49. The van der Waals surface area contributed by atoms with Crippen molar-refractivity contribution in [1.29, 1.82) is 0 Å². The van der Waals surface area contributed by atoms with Crippen LogP contribution in [0.15, 0.2) is 55.1 Å². The summed E-state index contributed by atoms with van der Waals surface area (Å²) in [4.78, 5) is 40.2. The molecule has 0 spiro atoms. The van der Waals surface area contributed by atoms with Gasteiger partial charge in [-0.1, -0.05) is 30.3 Å². The lowest BCUT2D eigenvalue weighted by Gasteiger charge is -2.17. The molecule has 4 atom stereocenters. The number of aromatic nitrogens is 5. The van der Waals surface area contributed by atoms with Crippen LogP contribution >= 0.6 is 0 Å². The van der Waals surface area contributed by atoms with Crippen molar-refractivity contribution in [2.24, 2.45) is 0 Å². The average molecular weight is 506 g/mol. The van der Waals surface area contributed by atoms with Crippen LogP contribution in [0, 0.1) is 10.1 Å². The van der Waals surface area contributed by atoms with Crippen molar-refractivity contribution in [3.63, 3.8) is 0 Å². The number of fused-ring (bicyclic) bond motifs is 1. The summed E-state index contributed by atoms with van der Waals surface area (Å²) in [5.41, 5.74) is 1.55. The van der Waals surface area contributed by atoms with E-state index >= 15 is 0 Å². The summed E-state index contributed by atoms with van der Waals surface area (Å²) < 4.78 is 7.07. The first-order valence-electron chi connectivity index (χ1n) is 11.2. The van der Waals surface area contributed by atoms with Crippen LogP contribution < -0.4 is 10.6 Å². The van der Waals surface area contributed by atoms with E-state index in [-0.39, 0.29) is 22.7 Å². The maximum atomic E-state index is 12.1. The Morgan fingerprint density at radius 3 is 2.70 bits per heavy atom. The van der Waals surface area contributed by atoms with E-state index in [4.69, 9.17) is 4.74 Å². The lowest BCUT2D eigenvalue weighted by molar-refractivity contribution is -0.385. The second-order valence-corrected chi connectivity index (χ2v) is 8.29. The molecule has 1 fully saturated rings. The van der Waals surface area contributed by atoms with Crippen molar-refractivity contribution in [2.75, 3.05) is 12.4 Å². The molecule has 5 rings (SSSR count). The van der Waals surface area contributed by atoms with Crippen LogP contribution in [-0.2, 0) is 16.1 Å². The van der Waals surface area contributed by atoms with Gasteiger partial charge in [0.2, 0.25) is 0 Å². The number of carbonyl (C=O) groups is 1. The van der Waals surface area contributed by atoms with Crippen LogP contribution in [0.3, 0.4) is 0 Å².